The second kappa shape index (κ2) is 12.7. The van der Waals surface area contributed by atoms with E-state index in [1.807, 2.05) is 0 Å². The van der Waals surface area contributed by atoms with E-state index in [0.29, 0.717) is 0 Å². The van der Waals surface area contributed by atoms with Gasteiger partial charge in [0, 0.05) is 34.1 Å². The number of nitrogens with zero attached hydrogens (tertiary/aromatic N) is 2. The number of aryl methyl sites for hydroxylation is 1. The quantitative estimate of drug-likeness (QED) is 0.160. The number of hydrogen-bond acceptors (Lipinski definition) is 2. The van der Waals surface area contributed by atoms with Gasteiger partial charge in [0.15, 0.2) is 0 Å². The largest absolute Gasteiger partial charge is 0.311 e. The van der Waals surface area contributed by atoms with Crippen molar-refractivity contribution in [2.75, 3.05) is 9.80 Å². The monoisotopic (exact) mass is 568 g/mol. The molecule has 1 atom stereocenters. The Morgan fingerprint density at radius 3 is 1.14 bits per heavy atom. The fourth-order valence-corrected chi connectivity index (χ4v) is 5.54. The van der Waals surface area contributed by atoms with Crippen LogP contribution in [0.2, 0.25) is 0 Å². The highest BCUT2D eigenvalue weighted by molar-refractivity contribution is 6.15. The summed E-state index contributed by atoms with van der Waals surface area (Å²) in [5.74, 6) is 0. The molecule has 0 aromatic heterocycles. The molecule has 0 amide bonds. The number of para-hydroxylation sites is 2. The van der Waals surface area contributed by atoms with Gasteiger partial charge in [-0.3, -0.25) is 0 Å². The lowest BCUT2D eigenvalue weighted by molar-refractivity contribution is 0.649. The SMILES string of the molecule is [B]C(C)(CC)c1ccc(N(c2ccccc2)c2ccc(-c3ccc(N(c4ccccc4)c4ccc(C)cc4)cc3)cc2)cc1. The first kappa shape index (κ1) is 29.1. The molecule has 2 nitrogen and oxygen atoms in total. The predicted molar refractivity (Wildman–Crippen MR) is 189 cm³/mol. The van der Waals surface area contributed by atoms with Crippen molar-refractivity contribution < 1.29 is 0 Å². The number of hydrogen-bond donors (Lipinski definition) is 0. The molecule has 214 valence electrons. The Labute approximate surface area is 263 Å². The molecule has 1 unspecified atom stereocenters. The smallest absolute Gasteiger partial charge is 0.0806 e. The van der Waals surface area contributed by atoms with Crippen molar-refractivity contribution in [3.63, 3.8) is 0 Å². The van der Waals surface area contributed by atoms with Crippen LogP contribution in [0.15, 0.2) is 158 Å². The van der Waals surface area contributed by atoms with Crippen LogP contribution in [0.5, 0.6) is 0 Å². The second-order valence-corrected chi connectivity index (χ2v) is 11.6. The molecule has 0 aliphatic rings. The number of benzene rings is 6. The highest BCUT2D eigenvalue weighted by atomic mass is 15.1. The van der Waals surface area contributed by atoms with Crippen molar-refractivity contribution in [1.29, 1.82) is 0 Å². The summed E-state index contributed by atoms with van der Waals surface area (Å²) in [6, 6.07) is 56.0. The summed E-state index contributed by atoms with van der Waals surface area (Å²) >= 11 is 0. The van der Waals surface area contributed by atoms with E-state index in [0.717, 1.165) is 46.1 Å². The van der Waals surface area contributed by atoms with Crippen molar-refractivity contribution in [2.24, 2.45) is 0 Å². The van der Waals surface area contributed by atoms with E-state index < -0.39 is 0 Å². The minimum absolute atomic E-state index is 0.342. The summed E-state index contributed by atoms with van der Waals surface area (Å²) in [6.07, 6.45) is 0.882. The van der Waals surface area contributed by atoms with Crippen LogP contribution in [0.25, 0.3) is 11.1 Å². The van der Waals surface area contributed by atoms with Gasteiger partial charge in [-0.15, -0.1) is 0 Å². The highest BCUT2D eigenvalue weighted by Crippen LogP contribution is 2.38. The first-order valence-corrected chi connectivity index (χ1v) is 15.3. The molecule has 0 saturated carbocycles. The Hall–Kier alpha value is -5.02. The van der Waals surface area contributed by atoms with Crippen molar-refractivity contribution in [1.82, 2.24) is 0 Å². The maximum Gasteiger partial charge on any atom is 0.0806 e. The molecule has 0 saturated heterocycles. The maximum absolute atomic E-state index is 6.53. The average Bonchev–Trinajstić information content (AvgIpc) is 3.08. The molecule has 6 rings (SSSR count). The molecule has 2 radical (unpaired) electrons. The first-order valence-electron chi connectivity index (χ1n) is 15.3. The summed E-state index contributed by atoms with van der Waals surface area (Å²) in [5.41, 5.74) is 11.4. The summed E-state index contributed by atoms with van der Waals surface area (Å²) < 4.78 is 0. The third-order valence-electron chi connectivity index (χ3n) is 8.42. The molecule has 6 aromatic rings. The van der Waals surface area contributed by atoms with Crippen molar-refractivity contribution >= 4 is 42.0 Å². The number of rotatable bonds is 9. The average molecular weight is 569 g/mol. The van der Waals surface area contributed by atoms with E-state index in [1.54, 1.807) is 0 Å². The molecular formula is C41H37BN2. The fourth-order valence-electron chi connectivity index (χ4n) is 5.54. The van der Waals surface area contributed by atoms with Crippen LogP contribution in [0.1, 0.15) is 31.4 Å². The van der Waals surface area contributed by atoms with Gasteiger partial charge in [0.2, 0.25) is 0 Å². The van der Waals surface area contributed by atoms with Crippen molar-refractivity contribution in [3.05, 3.63) is 169 Å². The van der Waals surface area contributed by atoms with Gasteiger partial charge < -0.3 is 9.80 Å². The molecule has 0 fully saturated rings. The molecular weight excluding hydrogens is 531 g/mol. The van der Waals surface area contributed by atoms with Gasteiger partial charge in [-0.25, -0.2) is 0 Å². The zero-order valence-electron chi connectivity index (χ0n) is 25.7. The van der Waals surface area contributed by atoms with Gasteiger partial charge in [-0.2, -0.15) is 0 Å². The predicted octanol–water partition coefficient (Wildman–Crippen LogP) is 11.4. The molecule has 3 heteroatoms. The van der Waals surface area contributed by atoms with E-state index >= 15 is 0 Å². The molecule has 0 aliphatic carbocycles. The van der Waals surface area contributed by atoms with Crippen LogP contribution in [0.3, 0.4) is 0 Å². The lowest BCUT2D eigenvalue weighted by Crippen LogP contribution is -2.20. The Morgan fingerprint density at radius 1 is 0.455 bits per heavy atom. The van der Waals surface area contributed by atoms with Crippen LogP contribution in [0.4, 0.5) is 34.1 Å². The van der Waals surface area contributed by atoms with E-state index in [1.165, 1.54) is 16.7 Å². The molecule has 0 bridgehead atoms. The van der Waals surface area contributed by atoms with Crippen molar-refractivity contribution in [3.8, 4) is 11.1 Å². The Bertz CT molecular complexity index is 1780. The van der Waals surface area contributed by atoms with Crippen LogP contribution in [-0.4, -0.2) is 7.85 Å². The maximum atomic E-state index is 6.53. The minimum atomic E-state index is -0.342. The summed E-state index contributed by atoms with van der Waals surface area (Å²) in [5, 5.41) is -0.342. The third-order valence-corrected chi connectivity index (χ3v) is 8.42. The summed E-state index contributed by atoms with van der Waals surface area (Å²) in [7, 11) is 6.53. The van der Waals surface area contributed by atoms with Crippen LogP contribution >= 0.6 is 0 Å². The van der Waals surface area contributed by atoms with E-state index in [9.17, 15) is 0 Å². The molecule has 0 heterocycles. The van der Waals surface area contributed by atoms with Gasteiger partial charge in [0.05, 0.1) is 7.85 Å². The Morgan fingerprint density at radius 2 is 0.773 bits per heavy atom. The Kier molecular flexibility index (Phi) is 8.39. The summed E-state index contributed by atoms with van der Waals surface area (Å²) in [4.78, 5) is 4.58. The normalized spacial score (nSPS) is 12.3. The van der Waals surface area contributed by atoms with E-state index in [2.05, 4.69) is 188 Å². The highest BCUT2D eigenvalue weighted by Gasteiger charge is 2.19. The van der Waals surface area contributed by atoms with Gasteiger partial charge >= 0.3 is 0 Å². The van der Waals surface area contributed by atoms with Crippen LogP contribution < -0.4 is 9.80 Å². The Balaban J connectivity index is 1.30. The zero-order chi connectivity index (χ0) is 30.5. The van der Waals surface area contributed by atoms with Gasteiger partial charge in [-0.1, -0.05) is 116 Å². The standard InChI is InChI=1S/C41H37BN2/c1-4-41(3,42)34-21-29-40(30-22-34)44(36-13-9-6-10-14-36)39-27-19-33(20-28-39)32-17-25-38(26-18-32)43(35-11-7-5-8-12-35)37-23-15-31(2)16-24-37/h5-30H,4H2,1-3H3. The van der Waals surface area contributed by atoms with Gasteiger partial charge in [-0.05, 0) is 96.2 Å². The number of anilines is 6. The zero-order valence-corrected chi connectivity index (χ0v) is 25.7. The van der Waals surface area contributed by atoms with Gasteiger partial charge in [0.1, 0.15) is 0 Å². The molecule has 0 N–H and O–H groups in total. The summed E-state index contributed by atoms with van der Waals surface area (Å²) in [6.45, 7) is 6.33. The van der Waals surface area contributed by atoms with E-state index in [4.69, 9.17) is 7.85 Å². The fraction of sp³-hybridized carbons (Fsp3) is 0.122. The molecule has 6 aromatic carbocycles. The minimum Gasteiger partial charge on any atom is -0.311 e. The first-order chi connectivity index (χ1) is 21.4. The van der Waals surface area contributed by atoms with Crippen LogP contribution in [-0.2, 0) is 5.31 Å². The van der Waals surface area contributed by atoms with Gasteiger partial charge in [0.25, 0.3) is 0 Å². The molecule has 0 aliphatic heterocycles. The molecule has 0 spiro atoms. The lowest BCUT2D eigenvalue weighted by atomic mass is 9.64. The molecule has 44 heavy (non-hydrogen) atoms. The van der Waals surface area contributed by atoms with E-state index in [-0.39, 0.29) is 5.31 Å². The van der Waals surface area contributed by atoms with Crippen molar-refractivity contribution in [2.45, 2.75) is 32.5 Å². The van der Waals surface area contributed by atoms with Crippen LogP contribution in [0, 0.1) is 6.92 Å². The third kappa shape index (κ3) is 6.19. The second-order valence-electron chi connectivity index (χ2n) is 11.6. The topological polar surface area (TPSA) is 6.48 Å². The lowest BCUT2D eigenvalue weighted by Gasteiger charge is -2.28.